The Morgan fingerprint density at radius 3 is 2.66 bits per heavy atom. The summed E-state index contributed by atoms with van der Waals surface area (Å²) in [4.78, 5) is 22.7. The molecule has 4 rings (SSSR count). The number of anilines is 4. The third kappa shape index (κ3) is 6.01. The molecule has 3 aromatic rings. The highest BCUT2D eigenvalue weighted by molar-refractivity contribution is 6.32. The zero-order valence-electron chi connectivity index (χ0n) is 20.4. The van der Waals surface area contributed by atoms with Gasteiger partial charge in [0, 0.05) is 30.6 Å². The van der Waals surface area contributed by atoms with Crippen molar-refractivity contribution in [1.82, 2.24) is 30.4 Å². The van der Waals surface area contributed by atoms with Gasteiger partial charge in [-0.2, -0.15) is 10.1 Å². The van der Waals surface area contributed by atoms with Crippen molar-refractivity contribution in [3.05, 3.63) is 46.2 Å². The maximum Gasteiger partial charge on any atom is 0.233 e. The molecule has 0 spiro atoms. The summed E-state index contributed by atoms with van der Waals surface area (Å²) in [6.07, 6.45) is 3.50. The van der Waals surface area contributed by atoms with Crippen molar-refractivity contribution in [2.24, 2.45) is 0 Å². The highest BCUT2D eigenvalue weighted by Gasteiger charge is 2.25. The standard InChI is InChI=1S/C24H31ClN8O2/c1-14-9-17(16-5-7-33(8-6-16)13-22(34)26-3)20(35-4)11-19(14)28-24-27-12-18(25)23(30-24)29-21-10-15(2)31-32-21/h9-12,16H,5-8,13H2,1-4H3,(H,26,34)(H3,27,28,29,30,31,32). The molecule has 2 aromatic heterocycles. The van der Waals surface area contributed by atoms with Crippen LogP contribution < -0.4 is 20.7 Å². The zero-order chi connectivity index (χ0) is 24.9. The lowest BCUT2D eigenvalue weighted by atomic mass is 9.87. The van der Waals surface area contributed by atoms with Gasteiger partial charge in [-0.05, 0) is 56.8 Å². The van der Waals surface area contributed by atoms with Crippen LogP contribution in [0.2, 0.25) is 5.02 Å². The van der Waals surface area contributed by atoms with Crippen molar-refractivity contribution < 1.29 is 9.53 Å². The molecule has 1 amide bonds. The van der Waals surface area contributed by atoms with E-state index in [4.69, 9.17) is 16.3 Å². The Hall–Kier alpha value is -3.37. The smallest absolute Gasteiger partial charge is 0.233 e. The molecule has 186 valence electrons. The average Bonchev–Trinajstić information content (AvgIpc) is 3.27. The third-order valence-electron chi connectivity index (χ3n) is 6.19. The molecule has 0 bridgehead atoms. The first-order valence-electron chi connectivity index (χ1n) is 11.6. The summed E-state index contributed by atoms with van der Waals surface area (Å²) < 4.78 is 5.76. The molecule has 10 nitrogen and oxygen atoms in total. The summed E-state index contributed by atoms with van der Waals surface area (Å²) in [5.74, 6) is 2.73. The van der Waals surface area contributed by atoms with Gasteiger partial charge < -0.3 is 20.7 Å². The van der Waals surface area contributed by atoms with Gasteiger partial charge in [0.15, 0.2) is 11.6 Å². The van der Waals surface area contributed by atoms with Gasteiger partial charge in [-0.25, -0.2) is 4.98 Å². The SMILES string of the molecule is CNC(=O)CN1CCC(c2cc(C)c(Nc3ncc(Cl)c(Nc4cc(C)[nH]n4)n3)cc2OC)CC1. The van der Waals surface area contributed by atoms with Gasteiger partial charge in [-0.15, -0.1) is 0 Å². The number of nitrogens with zero attached hydrogens (tertiary/aromatic N) is 4. The number of amides is 1. The molecule has 0 unspecified atom stereocenters. The molecule has 1 aliphatic heterocycles. The number of aromatic amines is 1. The molecule has 11 heteroatoms. The minimum Gasteiger partial charge on any atom is -0.496 e. The Morgan fingerprint density at radius 2 is 2.00 bits per heavy atom. The lowest BCUT2D eigenvalue weighted by Crippen LogP contribution is -2.40. The molecular weight excluding hydrogens is 468 g/mol. The summed E-state index contributed by atoms with van der Waals surface area (Å²) in [6, 6.07) is 6.02. The molecule has 0 radical (unpaired) electrons. The maximum atomic E-state index is 11.7. The second-order valence-electron chi connectivity index (χ2n) is 8.71. The zero-order valence-corrected chi connectivity index (χ0v) is 21.2. The normalized spacial score (nSPS) is 14.5. The summed E-state index contributed by atoms with van der Waals surface area (Å²) in [5.41, 5.74) is 4.02. The lowest BCUT2D eigenvalue weighted by Gasteiger charge is -2.32. The number of rotatable bonds is 8. The number of aryl methyl sites for hydroxylation is 2. The topological polar surface area (TPSA) is 120 Å². The number of carbonyl (C=O) groups excluding carboxylic acids is 1. The van der Waals surface area contributed by atoms with Crippen LogP contribution in [0.5, 0.6) is 5.75 Å². The van der Waals surface area contributed by atoms with E-state index in [0.717, 1.165) is 48.6 Å². The minimum atomic E-state index is 0.0505. The number of aromatic nitrogens is 4. The molecular formula is C24H31ClN8O2. The molecule has 35 heavy (non-hydrogen) atoms. The van der Waals surface area contributed by atoms with Crippen LogP contribution in [0.15, 0.2) is 24.4 Å². The monoisotopic (exact) mass is 498 g/mol. The first-order valence-corrected chi connectivity index (χ1v) is 11.9. The number of hydrogen-bond acceptors (Lipinski definition) is 8. The molecule has 1 saturated heterocycles. The van der Waals surface area contributed by atoms with E-state index in [0.29, 0.717) is 35.1 Å². The number of H-pyrrole nitrogens is 1. The largest absolute Gasteiger partial charge is 0.496 e. The first kappa shape index (κ1) is 24.7. The molecule has 0 aliphatic carbocycles. The van der Waals surface area contributed by atoms with E-state index in [1.165, 1.54) is 5.56 Å². The minimum absolute atomic E-state index is 0.0505. The third-order valence-corrected chi connectivity index (χ3v) is 6.47. The number of carbonyl (C=O) groups is 1. The summed E-state index contributed by atoms with van der Waals surface area (Å²) in [7, 11) is 3.36. The molecule has 0 atom stereocenters. The Bertz CT molecular complexity index is 1190. The summed E-state index contributed by atoms with van der Waals surface area (Å²) >= 11 is 6.29. The number of methoxy groups -OCH3 is 1. The van der Waals surface area contributed by atoms with Crippen LogP contribution in [-0.2, 0) is 4.79 Å². The van der Waals surface area contributed by atoms with E-state index < -0.39 is 0 Å². The van der Waals surface area contributed by atoms with Crippen LogP contribution in [0, 0.1) is 13.8 Å². The molecule has 0 saturated carbocycles. The molecule has 4 N–H and O–H groups in total. The van der Waals surface area contributed by atoms with Crippen LogP contribution in [0.25, 0.3) is 0 Å². The molecule has 1 aromatic carbocycles. The predicted molar refractivity (Wildman–Crippen MR) is 137 cm³/mol. The van der Waals surface area contributed by atoms with Crippen LogP contribution in [0.3, 0.4) is 0 Å². The highest BCUT2D eigenvalue weighted by Crippen LogP contribution is 2.38. The lowest BCUT2D eigenvalue weighted by molar-refractivity contribution is -0.122. The van der Waals surface area contributed by atoms with Crippen LogP contribution in [-0.4, -0.2) is 64.8 Å². The van der Waals surface area contributed by atoms with Gasteiger partial charge in [0.2, 0.25) is 11.9 Å². The van der Waals surface area contributed by atoms with Crippen LogP contribution in [0.4, 0.5) is 23.3 Å². The van der Waals surface area contributed by atoms with Crippen molar-refractivity contribution in [1.29, 1.82) is 0 Å². The van der Waals surface area contributed by atoms with Crippen molar-refractivity contribution in [3.8, 4) is 5.75 Å². The predicted octanol–water partition coefficient (Wildman–Crippen LogP) is 3.89. The van der Waals surface area contributed by atoms with E-state index in [2.05, 4.69) is 47.1 Å². The number of nitrogens with one attached hydrogen (secondary N) is 4. The summed E-state index contributed by atoms with van der Waals surface area (Å²) in [6.45, 7) is 6.17. The van der Waals surface area contributed by atoms with Gasteiger partial charge in [-0.3, -0.25) is 14.8 Å². The van der Waals surface area contributed by atoms with E-state index in [1.807, 2.05) is 26.0 Å². The molecule has 3 heterocycles. The highest BCUT2D eigenvalue weighted by atomic mass is 35.5. The Labute approximate surface area is 209 Å². The number of benzene rings is 1. The summed E-state index contributed by atoms with van der Waals surface area (Å²) in [5, 5.41) is 16.5. The number of piperidine rings is 1. The van der Waals surface area contributed by atoms with Gasteiger partial charge >= 0.3 is 0 Å². The second kappa shape index (κ2) is 10.9. The maximum absolute atomic E-state index is 11.7. The van der Waals surface area contributed by atoms with E-state index in [1.54, 1.807) is 20.4 Å². The number of halogens is 1. The fourth-order valence-corrected chi connectivity index (χ4v) is 4.40. The Morgan fingerprint density at radius 1 is 1.23 bits per heavy atom. The van der Waals surface area contributed by atoms with Crippen molar-refractivity contribution in [2.45, 2.75) is 32.6 Å². The van der Waals surface area contributed by atoms with Crippen LogP contribution in [0.1, 0.15) is 35.6 Å². The van der Waals surface area contributed by atoms with Gasteiger partial charge in [0.05, 0.1) is 19.9 Å². The van der Waals surface area contributed by atoms with Crippen molar-refractivity contribution >= 4 is 40.8 Å². The van der Waals surface area contributed by atoms with E-state index >= 15 is 0 Å². The number of likely N-dealkylation sites (tertiary alicyclic amines) is 1. The fraction of sp³-hybridized carbons (Fsp3) is 0.417. The van der Waals surface area contributed by atoms with Gasteiger partial charge in [0.1, 0.15) is 10.8 Å². The number of likely N-dealkylation sites (N-methyl/N-ethyl adjacent to an activating group) is 1. The fourth-order valence-electron chi connectivity index (χ4n) is 4.26. The Kier molecular flexibility index (Phi) is 7.72. The van der Waals surface area contributed by atoms with Crippen molar-refractivity contribution in [2.75, 3.05) is 44.4 Å². The van der Waals surface area contributed by atoms with E-state index in [9.17, 15) is 4.79 Å². The van der Waals surface area contributed by atoms with Gasteiger partial charge in [-0.1, -0.05) is 17.7 Å². The average molecular weight is 499 g/mol. The number of ether oxygens (including phenoxy) is 1. The molecule has 1 aliphatic rings. The second-order valence-corrected chi connectivity index (χ2v) is 9.12. The number of hydrogen-bond donors (Lipinski definition) is 4. The van der Waals surface area contributed by atoms with Crippen LogP contribution >= 0.6 is 11.6 Å². The first-order chi connectivity index (χ1) is 16.9. The molecule has 1 fully saturated rings. The Balaban J connectivity index is 1.49. The van der Waals surface area contributed by atoms with Crippen molar-refractivity contribution in [3.63, 3.8) is 0 Å². The van der Waals surface area contributed by atoms with E-state index in [-0.39, 0.29) is 5.91 Å². The quantitative estimate of drug-likeness (QED) is 0.369. The van der Waals surface area contributed by atoms with Gasteiger partial charge in [0.25, 0.3) is 0 Å².